The molecule has 1 aliphatic heterocycles. The summed E-state index contributed by atoms with van der Waals surface area (Å²) < 4.78 is 0.774. The van der Waals surface area contributed by atoms with Gasteiger partial charge in [-0.1, -0.05) is 0 Å². The summed E-state index contributed by atoms with van der Waals surface area (Å²) in [4.78, 5) is 17.4. The fourth-order valence-electron chi connectivity index (χ4n) is 1.79. The molecule has 0 aliphatic carbocycles. The lowest BCUT2D eigenvalue weighted by Crippen LogP contribution is -2.36. The van der Waals surface area contributed by atoms with Gasteiger partial charge in [-0.15, -0.1) is 0 Å². The number of carbonyl (C=O) groups excluding carboxylic acids is 1. The van der Waals surface area contributed by atoms with Crippen molar-refractivity contribution in [3.63, 3.8) is 0 Å². The van der Waals surface area contributed by atoms with Crippen LogP contribution in [0.4, 0.5) is 5.82 Å². The van der Waals surface area contributed by atoms with Crippen LogP contribution in [0, 0.1) is 11.3 Å². The number of hydrogen-bond donors (Lipinski definition) is 0. The number of halogens is 1. The smallest absolute Gasteiger partial charge is 0.152 e. The van der Waals surface area contributed by atoms with Crippen molar-refractivity contribution in [2.75, 3.05) is 18.0 Å². The van der Waals surface area contributed by atoms with Crippen LogP contribution in [0.5, 0.6) is 0 Å². The molecule has 0 aromatic carbocycles. The van der Waals surface area contributed by atoms with Crippen LogP contribution in [0.25, 0.3) is 0 Å². The fraction of sp³-hybridized carbons (Fsp3) is 0.364. The molecule has 16 heavy (non-hydrogen) atoms. The largest absolute Gasteiger partial charge is 0.348 e. The summed E-state index contributed by atoms with van der Waals surface area (Å²) in [6.45, 7) is 1.15. The molecule has 0 amide bonds. The second-order valence-corrected chi connectivity index (χ2v) is 4.62. The van der Waals surface area contributed by atoms with E-state index in [-0.39, 0.29) is 5.78 Å². The molecular formula is C11H10BrN3O. The average molecular weight is 280 g/mol. The highest BCUT2D eigenvalue weighted by atomic mass is 79.9. The maximum Gasteiger partial charge on any atom is 0.152 e. The van der Waals surface area contributed by atoms with E-state index in [1.54, 1.807) is 12.3 Å². The van der Waals surface area contributed by atoms with E-state index in [0.717, 1.165) is 17.4 Å². The first-order chi connectivity index (χ1) is 7.70. The molecule has 0 spiro atoms. The molecule has 1 saturated heterocycles. The van der Waals surface area contributed by atoms with Crippen LogP contribution in [-0.4, -0.2) is 23.9 Å². The van der Waals surface area contributed by atoms with Gasteiger partial charge in [-0.2, -0.15) is 5.26 Å². The lowest BCUT2D eigenvalue weighted by molar-refractivity contribution is -0.118. The van der Waals surface area contributed by atoms with Gasteiger partial charge in [0.1, 0.15) is 11.9 Å². The third kappa shape index (κ3) is 2.22. The molecule has 0 unspecified atom stereocenters. The lowest BCUT2D eigenvalue weighted by atomic mass is 10.1. The van der Waals surface area contributed by atoms with Crippen molar-refractivity contribution >= 4 is 27.5 Å². The minimum Gasteiger partial charge on any atom is -0.348 e. The molecule has 2 rings (SSSR count). The maximum absolute atomic E-state index is 11.4. The zero-order valence-electron chi connectivity index (χ0n) is 8.61. The van der Waals surface area contributed by atoms with Gasteiger partial charge in [-0.05, 0) is 28.4 Å². The quantitative estimate of drug-likeness (QED) is 0.788. The van der Waals surface area contributed by atoms with Crippen LogP contribution >= 0.6 is 15.9 Å². The second kappa shape index (κ2) is 4.62. The van der Waals surface area contributed by atoms with E-state index in [4.69, 9.17) is 5.26 Å². The molecule has 0 N–H and O–H groups in total. The number of Topliss-reactive ketones (excluding diaryl/α,β-unsaturated/α-hetero) is 1. The molecule has 0 saturated carbocycles. The Bertz CT molecular complexity index is 467. The summed E-state index contributed by atoms with van der Waals surface area (Å²) in [6, 6.07) is 3.83. The molecule has 0 atom stereocenters. The third-order valence-corrected chi connectivity index (χ3v) is 2.94. The zero-order valence-corrected chi connectivity index (χ0v) is 10.2. The van der Waals surface area contributed by atoms with Crippen LogP contribution in [-0.2, 0) is 4.79 Å². The Morgan fingerprint density at radius 2 is 2.38 bits per heavy atom. The van der Waals surface area contributed by atoms with Gasteiger partial charge in [0.15, 0.2) is 5.78 Å². The van der Waals surface area contributed by atoms with E-state index >= 15 is 0 Å². The number of nitriles is 1. The molecular weight excluding hydrogens is 270 g/mol. The van der Waals surface area contributed by atoms with Crippen LogP contribution in [0.1, 0.15) is 18.4 Å². The predicted octanol–water partition coefficient (Wildman–Crippen LogP) is 1.89. The summed E-state index contributed by atoms with van der Waals surface area (Å²) in [5, 5.41) is 9.02. The number of aromatic nitrogens is 1. The highest BCUT2D eigenvalue weighted by Gasteiger charge is 2.20. The number of carbonyl (C=O) groups is 1. The van der Waals surface area contributed by atoms with Crippen LogP contribution in [0.3, 0.4) is 0 Å². The molecule has 1 aromatic heterocycles. The summed E-state index contributed by atoms with van der Waals surface area (Å²) in [7, 11) is 0. The van der Waals surface area contributed by atoms with Crippen molar-refractivity contribution in [3.8, 4) is 6.07 Å². The van der Waals surface area contributed by atoms with Crippen molar-refractivity contribution < 1.29 is 4.79 Å². The predicted molar refractivity (Wildman–Crippen MR) is 63.1 cm³/mol. The molecule has 0 radical (unpaired) electrons. The Hall–Kier alpha value is -1.41. The normalized spacial score (nSPS) is 16.0. The summed E-state index contributed by atoms with van der Waals surface area (Å²) in [5.41, 5.74) is 0.504. The molecule has 1 fully saturated rings. The van der Waals surface area contributed by atoms with Crippen molar-refractivity contribution in [3.05, 3.63) is 22.3 Å². The monoisotopic (exact) mass is 279 g/mol. The number of ketones is 1. The lowest BCUT2D eigenvalue weighted by Gasteiger charge is -2.27. The molecule has 2 heterocycles. The Balaban J connectivity index is 2.32. The van der Waals surface area contributed by atoms with E-state index in [0.29, 0.717) is 24.3 Å². The number of pyridine rings is 1. The number of piperidine rings is 1. The number of rotatable bonds is 1. The van der Waals surface area contributed by atoms with Crippen molar-refractivity contribution in [2.24, 2.45) is 0 Å². The molecule has 0 bridgehead atoms. The van der Waals surface area contributed by atoms with Gasteiger partial charge in [0.2, 0.25) is 0 Å². The van der Waals surface area contributed by atoms with E-state index < -0.39 is 0 Å². The van der Waals surface area contributed by atoms with Crippen molar-refractivity contribution in [1.29, 1.82) is 5.26 Å². The standard InChI is InChI=1S/C11H10BrN3O/c12-9-4-8(5-13)11(14-6-9)15-3-1-2-10(16)7-15/h4,6H,1-3,7H2. The first kappa shape index (κ1) is 11.1. The Morgan fingerprint density at radius 1 is 1.56 bits per heavy atom. The van der Waals surface area contributed by atoms with E-state index in [1.165, 1.54) is 0 Å². The topological polar surface area (TPSA) is 57.0 Å². The highest BCUT2D eigenvalue weighted by Crippen LogP contribution is 2.22. The summed E-state index contributed by atoms with van der Waals surface area (Å²) in [5.74, 6) is 0.818. The second-order valence-electron chi connectivity index (χ2n) is 3.70. The minimum atomic E-state index is 0.208. The van der Waals surface area contributed by atoms with Crippen LogP contribution in [0.15, 0.2) is 16.7 Å². The van der Waals surface area contributed by atoms with Crippen molar-refractivity contribution in [2.45, 2.75) is 12.8 Å². The first-order valence-corrected chi connectivity index (χ1v) is 5.82. The molecule has 4 nitrogen and oxygen atoms in total. The van der Waals surface area contributed by atoms with E-state index in [1.807, 2.05) is 4.90 Å². The van der Waals surface area contributed by atoms with E-state index in [2.05, 4.69) is 27.0 Å². The third-order valence-electron chi connectivity index (χ3n) is 2.50. The van der Waals surface area contributed by atoms with Gasteiger partial charge < -0.3 is 4.90 Å². The van der Waals surface area contributed by atoms with Gasteiger partial charge in [0.05, 0.1) is 12.1 Å². The maximum atomic E-state index is 11.4. The minimum absolute atomic E-state index is 0.208. The van der Waals surface area contributed by atoms with Gasteiger partial charge in [-0.25, -0.2) is 4.98 Å². The Morgan fingerprint density at radius 3 is 3.06 bits per heavy atom. The summed E-state index contributed by atoms with van der Waals surface area (Å²) in [6.07, 6.45) is 3.12. The number of nitrogens with zero attached hydrogens (tertiary/aromatic N) is 3. The van der Waals surface area contributed by atoms with Crippen molar-refractivity contribution in [1.82, 2.24) is 4.98 Å². The fourth-order valence-corrected chi connectivity index (χ4v) is 2.12. The van der Waals surface area contributed by atoms with Crippen LogP contribution < -0.4 is 4.90 Å². The molecule has 1 aliphatic rings. The van der Waals surface area contributed by atoms with E-state index in [9.17, 15) is 4.79 Å². The highest BCUT2D eigenvalue weighted by molar-refractivity contribution is 9.10. The molecule has 1 aromatic rings. The average Bonchev–Trinajstić information content (AvgIpc) is 2.28. The number of anilines is 1. The zero-order chi connectivity index (χ0) is 11.5. The van der Waals surface area contributed by atoms with Gasteiger partial charge in [-0.3, -0.25) is 4.79 Å². The van der Waals surface area contributed by atoms with Gasteiger partial charge in [0.25, 0.3) is 0 Å². The Labute approximate surface area is 102 Å². The van der Waals surface area contributed by atoms with Gasteiger partial charge >= 0.3 is 0 Å². The Kier molecular flexibility index (Phi) is 3.20. The molecule has 82 valence electrons. The SMILES string of the molecule is N#Cc1cc(Br)cnc1N1CCCC(=O)C1. The number of hydrogen-bond acceptors (Lipinski definition) is 4. The molecule has 5 heteroatoms. The summed E-state index contributed by atoms with van der Waals surface area (Å²) >= 11 is 3.27. The first-order valence-electron chi connectivity index (χ1n) is 5.03. The van der Waals surface area contributed by atoms with Gasteiger partial charge in [0, 0.05) is 23.6 Å². The van der Waals surface area contributed by atoms with Crippen LogP contribution in [0.2, 0.25) is 0 Å².